The molecule has 0 aliphatic carbocycles. The van der Waals surface area contributed by atoms with Crippen molar-refractivity contribution in [2.45, 2.75) is 40.8 Å². The second-order valence-corrected chi connectivity index (χ2v) is 16.5. The van der Waals surface area contributed by atoms with Gasteiger partial charge in [0.2, 0.25) is 0 Å². The standard InChI is InChI=1S/C55H40F3N3/c1-32-18-33(2)21-40(20-32)38-14-16-50-46(29-38)44-10-6-8-12-48(44)60(50)52-26-37(31-59)27-53(54(52)42-24-36(5)25-43(28-42)55(56,57)58)61-49-13-9-7-11-45(49)47-30-39(15-17-51(47)61)41-22-34(3)19-35(4)23-41/h6-30H,1-5H3. The van der Waals surface area contributed by atoms with E-state index < -0.39 is 11.7 Å². The first-order valence-corrected chi connectivity index (χ1v) is 20.4. The number of alkyl halides is 3. The fraction of sp³-hybridized carbons (Fsp3) is 0.109. The zero-order chi connectivity index (χ0) is 42.3. The highest BCUT2D eigenvalue weighted by atomic mass is 19.4. The van der Waals surface area contributed by atoms with Crippen molar-refractivity contribution in [2.75, 3.05) is 0 Å². The number of aromatic nitrogens is 2. The SMILES string of the molecule is Cc1cc(C)cc(-c2ccc3c(c2)c2ccccc2n3-c2cc(C#N)cc(-n3c4ccccc4c4cc(-c5cc(C)cc(C)c5)ccc43)c2-c2cc(C)cc(C(F)(F)F)c2)c1. The van der Waals surface area contributed by atoms with E-state index in [9.17, 15) is 18.4 Å². The third-order valence-corrected chi connectivity index (χ3v) is 11.9. The molecule has 0 atom stereocenters. The van der Waals surface area contributed by atoms with Crippen LogP contribution in [0, 0.1) is 45.9 Å². The summed E-state index contributed by atoms with van der Waals surface area (Å²) >= 11 is 0. The van der Waals surface area contributed by atoms with Gasteiger partial charge in [-0.05, 0) is 129 Å². The maximum absolute atomic E-state index is 14.8. The molecule has 6 heteroatoms. The molecule has 296 valence electrons. The highest BCUT2D eigenvalue weighted by Gasteiger charge is 2.32. The van der Waals surface area contributed by atoms with Gasteiger partial charge in [0.1, 0.15) is 0 Å². The molecule has 0 bridgehead atoms. The summed E-state index contributed by atoms with van der Waals surface area (Å²) in [6, 6.07) is 52.4. The number of nitriles is 1. The van der Waals surface area contributed by atoms with Gasteiger partial charge in [0.05, 0.1) is 50.6 Å². The summed E-state index contributed by atoms with van der Waals surface area (Å²) < 4.78 is 48.5. The Morgan fingerprint density at radius 2 is 0.820 bits per heavy atom. The molecule has 0 radical (unpaired) electrons. The van der Waals surface area contributed by atoms with Crippen molar-refractivity contribution in [1.29, 1.82) is 5.26 Å². The van der Waals surface area contributed by atoms with Crippen molar-refractivity contribution in [2.24, 2.45) is 0 Å². The number of nitrogens with zero attached hydrogens (tertiary/aromatic N) is 3. The average Bonchev–Trinajstić information content (AvgIpc) is 3.74. The van der Waals surface area contributed by atoms with E-state index in [4.69, 9.17) is 0 Å². The molecule has 3 nitrogen and oxygen atoms in total. The van der Waals surface area contributed by atoms with Crippen LogP contribution >= 0.6 is 0 Å². The summed E-state index contributed by atoms with van der Waals surface area (Å²) in [4.78, 5) is 0. The lowest BCUT2D eigenvalue weighted by Crippen LogP contribution is -2.08. The molecule has 0 N–H and O–H groups in total. The van der Waals surface area contributed by atoms with Gasteiger partial charge in [-0.1, -0.05) is 113 Å². The fourth-order valence-electron chi connectivity index (χ4n) is 9.52. The molecule has 2 heterocycles. The molecule has 0 aliphatic rings. The molecule has 0 amide bonds. The minimum Gasteiger partial charge on any atom is -0.308 e. The van der Waals surface area contributed by atoms with Gasteiger partial charge in [-0.3, -0.25) is 0 Å². The van der Waals surface area contributed by atoms with Crippen molar-refractivity contribution in [3.8, 4) is 50.8 Å². The van der Waals surface area contributed by atoms with Crippen molar-refractivity contribution >= 4 is 43.6 Å². The van der Waals surface area contributed by atoms with E-state index in [2.05, 4.69) is 128 Å². The van der Waals surface area contributed by atoms with Crippen LogP contribution in [0.3, 0.4) is 0 Å². The minimum atomic E-state index is -4.58. The van der Waals surface area contributed by atoms with E-state index in [1.807, 2.05) is 54.6 Å². The first-order chi connectivity index (χ1) is 29.3. The lowest BCUT2D eigenvalue weighted by molar-refractivity contribution is -0.137. The van der Waals surface area contributed by atoms with E-state index in [0.717, 1.165) is 65.9 Å². The second kappa shape index (κ2) is 14.1. The maximum Gasteiger partial charge on any atom is 0.416 e. The van der Waals surface area contributed by atoms with Crippen LogP contribution in [0.25, 0.3) is 88.4 Å². The molecule has 0 spiro atoms. The van der Waals surface area contributed by atoms with Crippen LogP contribution in [0.4, 0.5) is 13.2 Å². The molecule has 10 aromatic rings. The Kier molecular flexibility index (Phi) is 8.78. The molecule has 0 fully saturated rings. The van der Waals surface area contributed by atoms with Gasteiger partial charge in [0.15, 0.2) is 0 Å². The van der Waals surface area contributed by atoms with Gasteiger partial charge in [-0.15, -0.1) is 0 Å². The largest absolute Gasteiger partial charge is 0.416 e. The number of benzene rings is 8. The zero-order valence-corrected chi connectivity index (χ0v) is 34.4. The van der Waals surface area contributed by atoms with Crippen molar-refractivity contribution < 1.29 is 13.2 Å². The van der Waals surface area contributed by atoms with Gasteiger partial charge < -0.3 is 9.13 Å². The van der Waals surface area contributed by atoms with E-state index in [-0.39, 0.29) is 0 Å². The van der Waals surface area contributed by atoms with Crippen LogP contribution in [0.1, 0.15) is 38.9 Å². The summed E-state index contributed by atoms with van der Waals surface area (Å²) in [5, 5.41) is 14.8. The number of rotatable bonds is 5. The molecule has 0 unspecified atom stereocenters. The van der Waals surface area contributed by atoms with Crippen LogP contribution in [-0.2, 0) is 6.18 Å². The van der Waals surface area contributed by atoms with Gasteiger partial charge in [0.25, 0.3) is 0 Å². The molecule has 2 aromatic heterocycles. The monoisotopic (exact) mass is 799 g/mol. The number of halogens is 3. The van der Waals surface area contributed by atoms with Crippen LogP contribution < -0.4 is 0 Å². The summed E-state index contributed by atoms with van der Waals surface area (Å²) in [5.74, 6) is 0. The van der Waals surface area contributed by atoms with Gasteiger partial charge >= 0.3 is 6.18 Å². The zero-order valence-electron chi connectivity index (χ0n) is 34.4. The first-order valence-electron chi connectivity index (χ1n) is 20.4. The number of para-hydroxylation sites is 2. The Morgan fingerprint density at radius 1 is 0.410 bits per heavy atom. The lowest BCUT2D eigenvalue weighted by atomic mass is 9.95. The van der Waals surface area contributed by atoms with Crippen LogP contribution in [0.2, 0.25) is 0 Å². The van der Waals surface area contributed by atoms with Gasteiger partial charge in [-0.25, -0.2) is 0 Å². The summed E-state index contributed by atoms with van der Waals surface area (Å²) in [6.45, 7) is 10.1. The van der Waals surface area contributed by atoms with Crippen LogP contribution in [-0.4, -0.2) is 9.13 Å². The van der Waals surface area contributed by atoms with E-state index in [1.54, 1.807) is 6.92 Å². The topological polar surface area (TPSA) is 33.6 Å². The maximum atomic E-state index is 14.8. The lowest BCUT2D eigenvalue weighted by Gasteiger charge is -2.22. The predicted molar refractivity (Wildman–Crippen MR) is 245 cm³/mol. The molecule has 61 heavy (non-hydrogen) atoms. The highest BCUT2D eigenvalue weighted by molar-refractivity contribution is 6.13. The molecule has 0 aliphatic heterocycles. The van der Waals surface area contributed by atoms with E-state index in [1.165, 1.54) is 34.4 Å². The Bertz CT molecular complexity index is 3250. The van der Waals surface area contributed by atoms with Crippen molar-refractivity contribution in [3.63, 3.8) is 0 Å². The van der Waals surface area contributed by atoms with Gasteiger partial charge in [-0.2, -0.15) is 18.4 Å². The smallest absolute Gasteiger partial charge is 0.308 e. The Morgan fingerprint density at radius 3 is 1.26 bits per heavy atom. The van der Waals surface area contributed by atoms with Crippen LogP contribution in [0.15, 0.2) is 152 Å². The molecule has 0 saturated heterocycles. The molecular weight excluding hydrogens is 760 g/mol. The number of aryl methyl sites for hydroxylation is 5. The Labute approximate surface area is 352 Å². The summed E-state index contributed by atoms with van der Waals surface area (Å²) in [5.41, 5.74) is 14.9. The second-order valence-electron chi connectivity index (χ2n) is 16.5. The van der Waals surface area contributed by atoms with Crippen molar-refractivity contribution in [1.82, 2.24) is 9.13 Å². The Hall–Kier alpha value is -7.36. The van der Waals surface area contributed by atoms with Gasteiger partial charge in [0, 0.05) is 27.1 Å². The average molecular weight is 800 g/mol. The molecule has 10 rings (SSSR count). The predicted octanol–water partition coefficient (Wildman–Crippen LogP) is 15.3. The van der Waals surface area contributed by atoms with E-state index in [0.29, 0.717) is 33.6 Å². The first kappa shape index (κ1) is 37.9. The van der Waals surface area contributed by atoms with E-state index >= 15 is 0 Å². The number of hydrogen-bond donors (Lipinski definition) is 0. The van der Waals surface area contributed by atoms with Crippen LogP contribution in [0.5, 0.6) is 0 Å². The summed E-state index contributed by atoms with van der Waals surface area (Å²) in [7, 11) is 0. The number of hydrogen-bond acceptors (Lipinski definition) is 1. The fourth-order valence-corrected chi connectivity index (χ4v) is 9.52. The number of fused-ring (bicyclic) bond motifs is 6. The third-order valence-electron chi connectivity index (χ3n) is 11.9. The summed E-state index contributed by atoms with van der Waals surface area (Å²) in [6.07, 6.45) is -4.58. The highest BCUT2D eigenvalue weighted by Crippen LogP contribution is 2.45. The minimum absolute atomic E-state index is 0.382. The molecule has 0 saturated carbocycles. The normalized spacial score (nSPS) is 11.9. The molecule has 8 aromatic carbocycles. The van der Waals surface area contributed by atoms with Crippen molar-refractivity contribution in [3.05, 3.63) is 191 Å². The molecular formula is C55H40F3N3. The Balaban J connectivity index is 1.33. The third kappa shape index (κ3) is 6.45. The quantitative estimate of drug-likeness (QED) is 0.171.